The summed E-state index contributed by atoms with van der Waals surface area (Å²) in [5.74, 6) is -2.05. The van der Waals surface area contributed by atoms with E-state index in [1.165, 1.54) is 0 Å². The fraction of sp³-hybridized carbons (Fsp3) is 0.467. The molecule has 21 heavy (non-hydrogen) atoms. The maximum absolute atomic E-state index is 13.5. The predicted molar refractivity (Wildman–Crippen MR) is 75.2 cm³/mol. The van der Waals surface area contributed by atoms with Crippen molar-refractivity contribution < 1.29 is 18.7 Å². The molecule has 0 saturated carbocycles. The number of nitrogens with zero attached hydrogens (tertiary/aromatic N) is 2. The first-order chi connectivity index (χ1) is 9.70. The average Bonchev–Trinajstić information content (AvgIpc) is 2.68. The highest BCUT2D eigenvalue weighted by molar-refractivity contribution is 5.76. The minimum atomic E-state index is -0.932. The Balaban J connectivity index is 2.52. The Morgan fingerprint density at radius 1 is 1.29 bits per heavy atom. The highest BCUT2D eigenvalue weighted by Crippen LogP contribution is 2.28. The molecule has 0 aliphatic heterocycles. The SMILES string of the molecule is CC(C)(C)c1nc2cc(F)c(F)cc2n1CCCC(=O)O. The van der Waals surface area contributed by atoms with Gasteiger partial charge in [-0.25, -0.2) is 13.8 Å². The fourth-order valence-corrected chi connectivity index (χ4v) is 2.31. The number of halogens is 2. The Morgan fingerprint density at radius 3 is 2.48 bits per heavy atom. The number of aromatic nitrogens is 2. The number of benzene rings is 1. The van der Waals surface area contributed by atoms with E-state index in [-0.39, 0.29) is 11.8 Å². The quantitative estimate of drug-likeness (QED) is 0.939. The summed E-state index contributed by atoms with van der Waals surface area (Å²) in [6.07, 6.45) is 0.426. The van der Waals surface area contributed by atoms with E-state index in [0.29, 0.717) is 29.8 Å². The lowest BCUT2D eigenvalue weighted by molar-refractivity contribution is -0.137. The van der Waals surface area contributed by atoms with E-state index in [9.17, 15) is 13.6 Å². The van der Waals surface area contributed by atoms with Crippen molar-refractivity contribution in [2.24, 2.45) is 0 Å². The summed E-state index contributed by atoms with van der Waals surface area (Å²) < 4.78 is 28.6. The third kappa shape index (κ3) is 3.20. The molecular weight excluding hydrogens is 278 g/mol. The van der Waals surface area contributed by atoms with Crippen molar-refractivity contribution in [2.75, 3.05) is 0 Å². The lowest BCUT2D eigenvalue weighted by Crippen LogP contribution is -2.19. The molecule has 0 spiro atoms. The smallest absolute Gasteiger partial charge is 0.303 e. The number of aryl methyl sites for hydroxylation is 1. The number of rotatable bonds is 4. The van der Waals surface area contributed by atoms with E-state index in [0.717, 1.165) is 12.1 Å². The van der Waals surface area contributed by atoms with E-state index in [2.05, 4.69) is 4.98 Å². The van der Waals surface area contributed by atoms with Gasteiger partial charge in [-0.2, -0.15) is 0 Å². The summed E-state index contributed by atoms with van der Waals surface area (Å²) in [4.78, 5) is 15.0. The normalized spacial score (nSPS) is 12.0. The van der Waals surface area contributed by atoms with E-state index >= 15 is 0 Å². The fourth-order valence-electron chi connectivity index (χ4n) is 2.31. The summed E-state index contributed by atoms with van der Waals surface area (Å²) in [5.41, 5.74) is 0.563. The molecular formula is C15H18F2N2O2. The predicted octanol–water partition coefficient (Wildman–Crippen LogP) is 3.48. The topological polar surface area (TPSA) is 55.1 Å². The van der Waals surface area contributed by atoms with E-state index < -0.39 is 17.6 Å². The largest absolute Gasteiger partial charge is 0.481 e. The van der Waals surface area contributed by atoms with E-state index in [1.54, 1.807) is 4.57 Å². The van der Waals surface area contributed by atoms with Crippen LogP contribution in [0.4, 0.5) is 8.78 Å². The minimum Gasteiger partial charge on any atom is -0.481 e. The Labute approximate surface area is 121 Å². The van der Waals surface area contributed by atoms with Crippen LogP contribution in [0.1, 0.15) is 39.4 Å². The number of aliphatic carboxylic acids is 1. The van der Waals surface area contributed by atoms with Gasteiger partial charge in [0, 0.05) is 30.5 Å². The van der Waals surface area contributed by atoms with Gasteiger partial charge in [-0.15, -0.1) is 0 Å². The molecule has 0 bridgehead atoms. The molecule has 1 aromatic carbocycles. The van der Waals surface area contributed by atoms with Crippen molar-refractivity contribution in [3.8, 4) is 0 Å². The molecule has 6 heteroatoms. The summed E-state index contributed by atoms with van der Waals surface area (Å²) >= 11 is 0. The van der Waals surface area contributed by atoms with Gasteiger partial charge in [0.25, 0.3) is 0 Å². The van der Waals surface area contributed by atoms with Crippen molar-refractivity contribution in [3.63, 3.8) is 0 Å². The van der Waals surface area contributed by atoms with Crippen molar-refractivity contribution in [1.82, 2.24) is 9.55 Å². The van der Waals surface area contributed by atoms with Gasteiger partial charge >= 0.3 is 5.97 Å². The van der Waals surface area contributed by atoms with Crippen molar-refractivity contribution in [3.05, 3.63) is 29.6 Å². The van der Waals surface area contributed by atoms with Crippen LogP contribution in [0.25, 0.3) is 11.0 Å². The van der Waals surface area contributed by atoms with Crippen LogP contribution in [0.2, 0.25) is 0 Å². The molecule has 4 nitrogen and oxygen atoms in total. The molecule has 2 rings (SSSR count). The summed E-state index contributed by atoms with van der Waals surface area (Å²) in [6, 6.07) is 2.20. The number of fused-ring (bicyclic) bond motifs is 1. The van der Waals surface area contributed by atoms with Crippen LogP contribution in [0.15, 0.2) is 12.1 Å². The number of carbonyl (C=O) groups is 1. The van der Waals surface area contributed by atoms with Crippen molar-refractivity contribution >= 4 is 17.0 Å². The first kappa shape index (κ1) is 15.4. The number of hydrogen-bond donors (Lipinski definition) is 1. The van der Waals surface area contributed by atoms with E-state index in [4.69, 9.17) is 5.11 Å². The van der Waals surface area contributed by atoms with Gasteiger partial charge in [-0.05, 0) is 6.42 Å². The zero-order valence-corrected chi connectivity index (χ0v) is 12.3. The molecule has 0 atom stereocenters. The Kier molecular flexibility index (Phi) is 3.98. The first-order valence-corrected chi connectivity index (χ1v) is 6.77. The highest BCUT2D eigenvalue weighted by Gasteiger charge is 2.23. The molecule has 1 N–H and O–H groups in total. The van der Waals surface area contributed by atoms with Crippen LogP contribution in [-0.4, -0.2) is 20.6 Å². The molecule has 1 aromatic heterocycles. The summed E-state index contributed by atoms with van der Waals surface area (Å²) in [7, 11) is 0. The van der Waals surface area contributed by atoms with Gasteiger partial charge in [-0.1, -0.05) is 20.8 Å². The van der Waals surface area contributed by atoms with Crippen LogP contribution in [0.5, 0.6) is 0 Å². The van der Waals surface area contributed by atoms with Gasteiger partial charge in [0.2, 0.25) is 0 Å². The first-order valence-electron chi connectivity index (χ1n) is 6.77. The van der Waals surface area contributed by atoms with Gasteiger partial charge in [0.05, 0.1) is 11.0 Å². The number of imidazole rings is 1. The third-order valence-electron chi connectivity index (χ3n) is 3.23. The molecule has 0 amide bonds. The van der Waals surface area contributed by atoms with Crippen molar-refractivity contribution in [2.45, 2.75) is 45.6 Å². The van der Waals surface area contributed by atoms with E-state index in [1.807, 2.05) is 20.8 Å². The lowest BCUT2D eigenvalue weighted by Gasteiger charge is -2.20. The zero-order chi connectivity index (χ0) is 15.8. The molecule has 2 aromatic rings. The van der Waals surface area contributed by atoms with Crippen LogP contribution in [0.3, 0.4) is 0 Å². The number of carboxylic acid groups (broad SMARTS) is 1. The second-order valence-electron chi connectivity index (χ2n) is 6.09. The molecule has 0 aliphatic carbocycles. The summed E-state index contributed by atoms with van der Waals surface area (Å²) in [5, 5.41) is 8.73. The Morgan fingerprint density at radius 2 is 1.90 bits per heavy atom. The average molecular weight is 296 g/mol. The Bertz CT molecular complexity index is 687. The number of carboxylic acids is 1. The van der Waals surface area contributed by atoms with Crippen LogP contribution in [-0.2, 0) is 16.8 Å². The molecule has 1 heterocycles. The monoisotopic (exact) mass is 296 g/mol. The van der Waals surface area contributed by atoms with Crippen LogP contribution in [0, 0.1) is 11.6 Å². The van der Waals surface area contributed by atoms with Gasteiger partial charge in [-0.3, -0.25) is 4.79 Å². The third-order valence-corrected chi connectivity index (χ3v) is 3.23. The second kappa shape index (κ2) is 5.42. The molecule has 0 unspecified atom stereocenters. The van der Waals surface area contributed by atoms with Crippen LogP contribution < -0.4 is 0 Å². The maximum atomic E-state index is 13.5. The number of hydrogen-bond acceptors (Lipinski definition) is 2. The van der Waals surface area contributed by atoms with Gasteiger partial charge in [0.15, 0.2) is 11.6 Å². The van der Waals surface area contributed by atoms with Crippen LogP contribution >= 0.6 is 0 Å². The van der Waals surface area contributed by atoms with Gasteiger partial charge < -0.3 is 9.67 Å². The minimum absolute atomic E-state index is 0.0208. The molecule has 0 aliphatic rings. The standard InChI is InChI=1S/C15H18F2N2O2/c1-15(2,3)14-18-11-7-9(16)10(17)8-12(11)19(14)6-4-5-13(20)21/h7-8H,4-6H2,1-3H3,(H,20,21). The second-order valence-corrected chi connectivity index (χ2v) is 6.09. The van der Waals surface area contributed by atoms with Crippen molar-refractivity contribution in [1.29, 1.82) is 0 Å². The molecule has 0 fully saturated rings. The molecule has 0 saturated heterocycles. The Hall–Kier alpha value is -1.98. The molecule has 0 radical (unpaired) electrons. The van der Waals surface area contributed by atoms with Gasteiger partial charge in [0.1, 0.15) is 5.82 Å². The maximum Gasteiger partial charge on any atom is 0.303 e. The molecule has 114 valence electrons. The lowest BCUT2D eigenvalue weighted by atomic mass is 9.95. The zero-order valence-electron chi connectivity index (χ0n) is 12.3. The summed E-state index contributed by atoms with van der Waals surface area (Å²) in [6.45, 7) is 6.26. The highest BCUT2D eigenvalue weighted by atomic mass is 19.2.